The largest absolute Gasteiger partial charge is 0.464 e. The summed E-state index contributed by atoms with van der Waals surface area (Å²) in [6, 6.07) is 2.04. The van der Waals surface area contributed by atoms with Gasteiger partial charge in [0.1, 0.15) is 11.5 Å². The Morgan fingerprint density at radius 1 is 1.50 bits per heavy atom. The van der Waals surface area contributed by atoms with E-state index in [1.165, 1.54) is 0 Å². The van der Waals surface area contributed by atoms with E-state index in [4.69, 9.17) is 10.2 Å². The first kappa shape index (κ1) is 10.1. The Bertz CT molecular complexity index is 248. The molecule has 1 heterocycles. The van der Waals surface area contributed by atoms with Crippen LogP contribution in [0, 0.1) is 16.4 Å². The molecule has 68 valence electrons. The molecule has 1 atom stereocenters. The normalized spacial score (nSPS) is 13.8. The molecule has 3 heteroatoms. The fourth-order valence-corrected chi connectivity index (χ4v) is 1.39. The van der Waals surface area contributed by atoms with Gasteiger partial charge in [-0.3, -0.25) is 0 Å². The topological polar surface area (TPSA) is 39.2 Å². The van der Waals surface area contributed by atoms with Gasteiger partial charge in [0.2, 0.25) is 0 Å². The van der Waals surface area contributed by atoms with Crippen LogP contribution in [-0.4, -0.2) is 0 Å². The third-order valence-electron chi connectivity index (χ3n) is 1.92. The van der Waals surface area contributed by atoms with E-state index in [1.807, 2.05) is 13.0 Å². The van der Waals surface area contributed by atoms with Crippen LogP contribution in [0.15, 0.2) is 10.5 Å². The summed E-state index contributed by atoms with van der Waals surface area (Å²) >= 11 is 2.25. The van der Waals surface area contributed by atoms with Gasteiger partial charge in [-0.05, 0) is 41.5 Å². The van der Waals surface area contributed by atoms with Crippen molar-refractivity contribution in [3.63, 3.8) is 0 Å². The van der Waals surface area contributed by atoms with Crippen molar-refractivity contribution < 1.29 is 4.42 Å². The molecular formula is C9H14INO. The van der Waals surface area contributed by atoms with Gasteiger partial charge in [0.15, 0.2) is 0 Å². The van der Waals surface area contributed by atoms with E-state index in [0.717, 1.165) is 15.1 Å². The van der Waals surface area contributed by atoms with Gasteiger partial charge in [-0.25, -0.2) is 0 Å². The lowest BCUT2D eigenvalue weighted by atomic mass is 10.0. The minimum absolute atomic E-state index is 0.0206. The first-order valence-corrected chi connectivity index (χ1v) is 5.11. The second-order valence-electron chi connectivity index (χ2n) is 3.32. The van der Waals surface area contributed by atoms with E-state index >= 15 is 0 Å². The molecule has 1 rings (SSSR count). The predicted molar refractivity (Wildman–Crippen MR) is 57.9 cm³/mol. The molecule has 1 aromatic rings. The van der Waals surface area contributed by atoms with E-state index in [9.17, 15) is 0 Å². The smallest absolute Gasteiger partial charge is 0.122 e. The van der Waals surface area contributed by atoms with E-state index in [-0.39, 0.29) is 6.04 Å². The Morgan fingerprint density at radius 3 is 2.42 bits per heavy atom. The van der Waals surface area contributed by atoms with E-state index in [2.05, 4.69) is 36.4 Å². The number of halogens is 1. The molecule has 0 fully saturated rings. The van der Waals surface area contributed by atoms with Gasteiger partial charge in [-0.1, -0.05) is 13.8 Å². The number of aryl methyl sites for hydroxylation is 1. The number of rotatable bonds is 2. The zero-order valence-corrected chi connectivity index (χ0v) is 9.75. The van der Waals surface area contributed by atoms with Crippen molar-refractivity contribution in [1.29, 1.82) is 0 Å². The Hall–Kier alpha value is -0.0300. The number of nitrogens with two attached hydrogens (primary N) is 1. The van der Waals surface area contributed by atoms with Crippen molar-refractivity contribution in [2.75, 3.05) is 0 Å². The molecule has 0 spiro atoms. The maximum atomic E-state index is 5.92. The molecule has 0 saturated heterocycles. The van der Waals surface area contributed by atoms with Crippen molar-refractivity contribution in [3.8, 4) is 0 Å². The standard InChI is InChI=1S/C9H14INO/c1-5(2)9(11)8-4-7(10)6(3)12-8/h4-5,9H,11H2,1-3H3/t9-/m1/s1. The number of hydrogen-bond acceptors (Lipinski definition) is 2. The van der Waals surface area contributed by atoms with Crippen molar-refractivity contribution >= 4 is 22.6 Å². The minimum Gasteiger partial charge on any atom is -0.464 e. The molecule has 0 bridgehead atoms. The van der Waals surface area contributed by atoms with Gasteiger partial charge < -0.3 is 10.2 Å². The molecule has 2 N–H and O–H groups in total. The summed E-state index contributed by atoms with van der Waals surface area (Å²) in [5.41, 5.74) is 5.92. The molecule has 0 amide bonds. The summed E-state index contributed by atoms with van der Waals surface area (Å²) in [5, 5.41) is 0. The van der Waals surface area contributed by atoms with Crippen LogP contribution in [0.1, 0.15) is 31.4 Å². The maximum Gasteiger partial charge on any atom is 0.122 e. The third-order valence-corrected chi connectivity index (χ3v) is 2.99. The average molecular weight is 279 g/mol. The fourth-order valence-electron chi connectivity index (χ4n) is 0.974. The predicted octanol–water partition coefficient (Wildman–Crippen LogP) is 2.85. The van der Waals surface area contributed by atoms with E-state index in [1.54, 1.807) is 0 Å². The van der Waals surface area contributed by atoms with Crippen LogP contribution in [0.4, 0.5) is 0 Å². The Labute approximate surface area is 86.7 Å². The summed E-state index contributed by atoms with van der Waals surface area (Å²) in [6.07, 6.45) is 0. The van der Waals surface area contributed by atoms with Crippen LogP contribution < -0.4 is 5.73 Å². The van der Waals surface area contributed by atoms with Crippen LogP contribution in [0.3, 0.4) is 0 Å². The molecule has 0 aliphatic heterocycles. The van der Waals surface area contributed by atoms with Gasteiger partial charge >= 0.3 is 0 Å². The second-order valence-corrected chi connectivity index (χ2v) is 4.48. The number of furan rings is 1. The molecule has 0 unspecified atom stereocenters. The average Bonchev–Trinajstić information content (AvgIpc) is 2.30. The third kappa shape index (κ3) is 2.01. The summed E-state index contributed by atoms with van der Waals surface area (Å²) in [6.45, 7) is 6.14. The first-order valence-electron chi connectivity index (χ1n) is 4.03. The van der Waals surface area contributed by atoms with Gasteiger partial charge in [0.25, 0.3) is 0 Å². The maximum absolute atomic E-state index is 5.92. The zero-order valence-electron chi connectivity index (χ0n) is 7.60. The molecule has 0 aliphatic carbocycles. The quantitative estimate of drug-likeness (QED) is 0.845. The lowest BCUT2D eigenvalue weighted by Crippen LogP contribution is -2.15. The minimum atomic E-state index is 0.0206. The molecule has 0 saturated carbocycles. The van der Waals surface area contributed by atoms with Crippen LogP contribution in [-0.2, 0) is 0 Å². The molecule has 1 aromatic heterocycles. The van der Waals surface area contributed by atoms with E-state index < -0.39 is 0 Å². The highest BCUT2D eigenvalue weighted by molar-refractivity contribution is 14.1. The highest BCUT2D eigenvalue weighted by Crippen LogP contribution is 2.24. The first-order chi connectivity index (χ1) is 5.52. The SMILES string of the molecule is Cc1oc([C@H](N)C(C)C)cc1I. The van der Waals surface area contributed by atoms with Gasteiger partial charge in [-0.15, -0.1) is 0 Å². The van der Waals surface area contributed by atoms with Gasteiger partial charge in [0.05, 0.1) is 9.61 Å². The second kappa shape index (κ2) is 3.79. The van der Waals surface area contributed by atoms with Crippen LogP contribution >= 0.6 is 22.6 Å². The summed E-state index contributed by atoms with van der Waals surface area (Å²) in [4.78, 5) is 0. The molecular weight excluding hydrogens is 265 g/mol. The molecule has 12 heavy (non-hydrogen) atoms. The zero-order chi connectivity index (χ0) is 9.30. The molecule has 0 aliphatic rings. The van der Waals surface area contributed by atoms with Crippen LogP contribution in [0.5, 0.6) is 0 Å². The fraction of sp³-hybridized carbons (Fsp3) is 0.556. The van der Waals surface area contributed by atoms with Gasteiger partial charge in [-0.2, -0.15) is 0 Å². The Balaban J connectivity index is 2.89. The lowest BCUT2D eigenvalue weighted by Gasteiger charge is -2.11. The Kier molecular flexibility index (Phi) is 3.17. The molecule has 0 aromatic carbocycles. The van der Waals surface area contributed by atoms with Crippen molar-refractivity contribution in [1.82, 2.24) is 0 Å². The number of hydrogen-bond donors (Lipinski definition) is 1. The van der Waals surface area contributed by atoms with Crippen molar-refractivity contribution in [2.45, 2.75) is 26.8 Å². The van der Waals surface area contributed by atoms with E-state index in [0.29, 0.717) is 5.92 Å². The molecule has 0 radical (unpaired) electrons. The lowest BCUT2D eigenvalue weighted by molar-refractivity contribution is 0.391. The van der Waals surface area contributed by atoms with Crippen LogP contribution in [0.2, 0.25) is 0 Å². The highest BCUT2D eigenvalue weighted by atomic mass is 127. The van der Waals surface area contributed by atoms with Gasteiger partial charge in [0, 0.05) is 0 Å². The van der Waals surface area contributed by atoms with Crippen LogP contribution in [0.25, 0.3) is 0 Å². The molecule has 2 nitrogen and oxygen atoms in total. The highest BCUT2D eigenvalue weighted by Gasteiger charge is 2.15. The van der Waals surface area contributed by atoms with Crippen molar-refractivity contribution in [3.05, 3.63) is 21.2 Å². The summed E-state index contributed by atoms with van der Waals surface area (Å²) in [7, 11) is 0. The summed E-state index contributed by atoms with van der Waals surface area (Å²) < 4.78 is 6.66. The summed E-state index contributed by atoms with van der Waals surface area (Å²) in [5.74, 6) is 2.28. The van der Waals surface area contributed by atoms with Crippen molar-refractivity contribution in [2.24, 2.45) is 11.7 Å². The Morgan fingerprint density at radius 2 is 2.08 bits per heavy atom. The monoisotopic (exact) mass is 279 g/mol.